The van der Waals surface area contributed by atoms with E-state index in [1.807, 2.05) is 48.5 Å². The summed E-state index contributed by atoms with van der Waals surface area (Å²) < 4.78 is 7.01. The van der Waals surface area contributed by atoms with Gasteiger partial charge in [-0.1, -0.05) is 53.7 Å². The van der Waals surface area contributed by atoms with Gasteiger partial charge in [0.1, 0.15) is 5.76 Å². The molecule has 2 heterocycles. The van der Waals surface area contributed by atoms with Crippen molar-refractivity contribution in [3.8, 4) is 0 Å². The molecule has 0 bridgehead atoms. The van der Waals surface area contributed by atoms with Crippen molar-refractivity contribution < 1.29 is 18.9 Å². The van der Waals surface area contributed by atoms with E-state index in [0.29, 0.717) is 84.5 Å². The van der Waals surface area contributed by atoms with Crippen LogP contribution >= 0.6 is 0 Å². The first kappa shape index (κ1) is 22.3. The Morgan fingerprint density at radius 2 is 1.58 bits per heavy atom. The average Bonchev–Trinajstić information content (AvgIpc) is 3.50. The number of hydrogen-bond donors (Lipinski definition) is 0. The number of carbonyl (C=O) groups excluding carboxylic acids is 3. The van der Waals surface area contributed by atoms with Crippen LogP contribution in [0.3, 0.4) is 0 Å². The Labute approximate surface area is 208 Å². The maximum atomic E-state index is 13.2. The quantitative estimate of drug-likeness (QED) is 0.409. The van der Waals surface area contributed by atoms with Crippen LogP contribution in [0.25, 0.3) is 0 Å². The molecular formula is C29H25N3O4. The minimum atomic E-state index is -0.242. The molecule has 2 aromatic carbocycles. The molecule has 7 heteroatoms. The van der Waals surface area contributed by atoms with Crippen molar-refractivity contribution in [3.05, 3.63) is 106 Å². The molecular weight excluding hydrogens is 454 g/mol. The second kappa shape index (κ2) is 9.15. The Bertz CT molecular complexity index is 1470. The van der Waals surface area contributed by atoms with Crippen molar-refractivity contribution in [2.45, 2.75) is 50.9 Å². The lowest BCUT2D eigenvalue weighted by atomic mass is 9.81. The first-order valence-corrected chi connectivity index (χ1v) is 12.4. The predicted octanol–water partition coefficient (Wildman–Crippen LogP) is 4.78. The molecule has 1 atom stereocenters. The molecule has 2 aliphatic carbocycles. The third-order valence-corrected chi connectivity index (χ3v) is 7.21. The Balaban J connectivity index is 1.27. The SMILES string of the molecule is O=C1CC(c2ccccc2)Cc2onc(CCc3nn(C(=O)c4ccccc4)c4c3C(=O)CCC4)c21. The van der Waals surface area contributed by atoms with Gasteiger partial charge in [0.15, 0.2) is 11.6 Å². The summed E-state index contributed by atoms with van der Waals surface area (Å²) in [6.07, 6.45) is 3.64. The van der Waals surface area contributed by atoms with Gasteiger partial charge in [-0.15, -0.1) is 0 Å². The van der Waals surface area contributed by atoms with Crippen molar-refractivity contribution >= 4 is 17.5 Å². The minimum Gasteiger partial charge on any atom is -0.360 e. The Morgan fingerprint density at radius 1 is 0.861 bits per heavy atom. The van der Waals surface area contributed by atoms with E-state index in [1.54, 1.807) is 12.1 Å². The van der Waals surface area contributed by atoms with E-state index in [4.69, 9.17) is 4.52 Å². The van der Waals surface area contributed by atoms with Crippen molar-refractivity contribution in [1.82, 2.24) is 14.9 Å². The van der Waals surface area contributed by atoms with E-state index in [9.17, 15) is 14.4 Å². The van der Waals surface area contributed by atoms with E-state index in [0.717, 1.165) is 5.56 Å². The van der Waals surface area contributed by atoms with Gasteiger partial charge in [-0.25, -0.2) is 0 Å². The third-order valence-electron chi connectivity index (χ3n) is 7.21. The third kappa shape index (κ3) is 3.90. The summed E-state index contributed by atoms with van der Waals surface area (Å²) in [4.78, 5) is 39.1. The predicted molar refractivity (Wildman–Crippen MR) is 131 cm³/mol. The molecule has 0 radical (unpaired) electrons. The van der Waals surface area contributed by atoms with Crippen LogP contribution in [0.1, 0.15) is 84.7 Å². The van der Waals surface area contributed by atoms with Crippen LogP contribution in [-0.2, 0) is 25.7 Å². The maximum absolute atomic E-state index is 13.2. The van der Waals surface area contributed by atoms with Crippen LogP contribution < -0.4 is 0 Å². The topological polar surface area (TPSA) is 95.1 Å². The van der Waals surface area contributed by atoms with Crippen LogP contribution in [0.15, 0.2) is 65.2 Å². The fourth-order valence-corrected chi connectivity index (χ4v) is 5.45. The number of rotatable bonds is 5. The molecule has 0 fully saturated rings. The molecule has 6 rings (SSSR count). The lowest BCUT2D eigenvalue weighted by Gasteiger charge is -2.20. The number of aryl methyl sites for hydroxylation is 2. The van der Waals surface area contributed by atoms with E-state index in [2.05, 4.69) is 10.3 Å². The first-order valence-electron chi connectivity index (χ1n) is 12.4. The van der Waals surface area contributed by atoms with Gasteiger partial charge in [-0.3, -0.25) is 14.4 Å². The highest BCUT2D eigenvalue weighted by Crippen LogP contribution is 2.35. The van der Waals surface area contributed by atoms with Crippen molar-refractivity contribution in [3.63, 3.8) is 0 Å². The van der Waals surface area contributed by atoms with Gasteiger partial charge in [0, 0.05) is 24.8 Å². The van der Waals surface area contributed by atoms with Gasteiger partial charge in [-0.2, -0.15) is 9.78 Å². The Morgan fingerprint density at radius 3 is 2.36 bits per heavy atom. The highest BCUT2D eigenvalue weighted by atomic mass is 16.5. The summed E-state index contributed by atoms with van der Waals surface area (Å²) in [5.41, 5.74) is 4.63. The maximum Gasteiger partial charge on any atom is 0.278 e. The zero-order valence-corrected chi connectivity index (χ0v) is 19.8. The highest BCUT2D eigenvalue weighted by molar-refractivity contribution is 6.02. The summed E-state index contributed by atoms with van der Waals surface area (Å²) in [6.45, 7) is 0. The lowest BCUT2D eigenvalue weighted by molar-refractivity contribution is 0.0935. The first-order chi connectivity index (χ1) is 17.6. The summed E-state index contributed by atoms with van der Waals surface area (Å²) >= 11 is 0. The highest BCUT2D eigenvalue weighted by Gasteiger charge is 2.34. The molecule has 0 spiro atoms. The molecule has 0 saturated carbocycles. The zero-order valence-electron chi connectivity index (χ0n) is 19.8. The molecule has 2 aromatic heterocycles. The summed E-state index contributed by atoms with van der Waals surface area (Å²) in [5.74, 6) is 0.509. The number of nitrogens with zero attached hydrogens (tertiary/aromatic N) is 3. The zero-order chi connectivity index (χ0) is 24.6. The van der Waals surface area contributed by atoms with Gasteiger partial charge in [0.05, 0.1) is 28.2 Å². The summed E-state index contributed by atoms with van der Waals surface area (Å²) in [7, 11) is 0. The number of Topliss-reactive ketones (excluding diaryl/α,β-unsaturated/α-hetero) is 2. The van der Waals surface area contributed by atoms with E-state index in [1.165, 1.54) is 4.68 Å². The Hall–Kier alpha value is -4.13. The van der Waals surface area contributed by atoms with E-state index in [-0.39, 0.29) is 23.4 Å². The number of aromatic nitrogens is 3. The van der Waals surface area contributed by atoms with Crippen molar-refractivity contribution in [2.75, 3.05) is 0 Å². The number of hydrogen-bond acceptors (Lipinski definition) is 6. The normalized spacial score (nSPS) is 17.1. The average molecular weight is 480 g/mol. The summed E-state index contributed by atoms with van der Waals surface area (Å²) in [5, 5.41) is 8.83. The number of carbonyl (C=O) groups is 3. The fourth-order valence-electron chi connectivity index (χ4n) is 5.45. The van der Waals surface area contributed by atoms with Gasteiger partial charge in [0.2, 0.25) is 0 Å². The fraction of sp³-hybridized carbons (Fsp3) is 0.276. The number of fused-ring (bicyclic) bond motifs is 2. The summed E-state index contributed by atoms with van der Waals surface area (Å²) in [6, 6.07) is 18.9. The molecule has 0 N–H and O–H groups in total. The molecule has 0 aliphatic heterocycles. The van der Waals surface area contributed by atoms with E-state index >= 15 is 0 Å². The second-order valence-corrected chi connectivity index (χ2v) is 9.49. The number of ketones is 2. The number of benzene rings is 2. The largest absolute Gasteiger partial charge is 0.360 e. The smallest absolute Gasteiger partial charge is 0.278 e. The molecule has 180 valence electrons. The van der Waals surface area contributed by atoms with E-state index < -0.39 is 0 Å². The van der Waals surface area contributed by atoms with Crippen LogP contribution in [0.5, 0.6) is 0 Å². The van der Waals surface area contributed by atoms with Gasteiger partial charge >= 0.3 is 0 Å². The van der Waals surface area contributed by atoms with Gasteiger partial charge in [0.25, 0.3) is 5.91 Å². The molecule has 7 nitrogen and oxygen atoms in total. The second-order valence-electron chi connectivity index (χ2n) is 9.49. The molecule has 0 saturated heterocycles. The van der Waals surface area contributed by atoms with Gasteiger partial charge in [-0.05, 0) is 49.3 Å². The Kier molecular flexibility index (Phi) is 5.68. The molecule has 0 amide bonds. The molecule has 2 aliphatic rings. The minimum absolute atomic E-state index is 0.0160. The monoisotopic (exact) mass is 479 g/mol. The lowest BCUT2D eigenvalue weighted by Crippen LogP contribution is -2.20. The standard InChI is InChI=1S/C29H25N3O4/c33-24-13-7-12-23-27(24)21(30-32(23)29(35)19-10-5-2-6-11-19)14-15-22-28-25(34)16-20(17-26(28)36-31-22)18-8-3-1-4-9-18/h1-6,8-11,20H,7,12-17H2. The van der Waals surface area contributed by atoms with Crippen LogP contribution in [0.2, 0.25) is 0 Å². The molecule has 1 unspecified atom stereocenters. The molecule has 36 heavy (non-hydrogen) atoms. The van der Waals surface area contributed by atoms with Crippen LogP contribution in [-0.4, -0.2) is 32.4 Å². The van der Waals surface area contributed by atoms with Crippen LogP contribution in [0, 0.1) is 0 Å². The van der Waals surface area contributed by atoms with Crippen molar-refractivity contribution in [1.29, 1.82) is 0 Å². The molecule has 4 aromatic rings. The van der Waals surface area contributed by atoms with Crippen molar-refractivity contribution in [2.24, 2.45) is 0 Å². The van der Waals surface area contributed by atoms with Gasteiger partial charge < -0.3 is 4.52 Å². The van der Waals surface area contributed by atoms with Crippen LogP contribution in [0.4, 0.5) is 0 Å².